The van der Waals surface area contributed by atoms with Crippen molar-refractivity contribution in [2.45, 2.75) is 56.5 Å². The Morgan fingerprint density at radius 3 is 2.16 bits per heavy atom. The fourth-order valence-corrected chi connectivity index (χ4v) is 6.78. The fourth-order valence-electron chi connectivity index (χ4n) is 6.78. The summed E-state index contributed by atoms with van der Waals surface area (Å²) in [5.41, 5.74) is 14.5. The number of ketones is 1. The number of para-hydroxylation sites is 2. The molecule has 4 aliphatic rings. The minimum absolute atomic E-state index is 0.100. The number of aromatic amines is 1. The number of nitrogens with two attached hydrogens (primary N) is 2. The summed E-state index contributed by atoms with van der Waals surface area (Å²) in [5.74, 6) is 1.10. The lowest BCUT2D eigenvalue weighted by Gasteiger charge is -2.46. The van der Waals surface area contributed by atoms with Crippen molar-refractivity contribution in [2.24, 2.45) is 11.5 Å². The number of fused-ring (bicyclic) bond motifs is 5. The Morgan fingerprint density at radius 2 is 1.49 bits per heavy atom. The average Bonchev–Trinajstić information content (AvgIpc) is 3.63. The van der Waals surface area contributed by atoms with Crippen molar-refractivity contribution in [1.29, 1.82) is 0 Å². The lowest BCUT2D eigenvalue weighted by atomic mass is 9.78. The Hall–Kier alpha value is -5.20. The van der Waals surface area contributed by atoms with Crippen LogP contribution in [0.25, 0.3) is 11.3 Å². The van der Waals surface area contributed by atoms with Crippen LogP contribution in [0.5, 0.6) is 11.5 Å². The zero-order valence-electron chi connectivity index (χ0n) is 27.5. The van der Waals surface area contributed by atoms with Crippen LogP contribution in [0.3, 0.4) is 0 Å². The highest BCUT2D eigenvalue weighted by atomic mass is 16.6. The van der Waals surface area contributed by atoms with Gasteiger partial charge in [0.1, 0.15) is 29.7 Å². The van der Waals surface area contributed by atoms with Gasteiger partial charge in [-0.2, -0.15) is 0 Å². The molecular weight excluding hydrogens is 624 g/mol. The number of carbonyl (C=O) groups excluding carboxylic acids is 3. The van der Waals surface area contributed by atoms with Crippen molar-refractivity contribution >= 4 is 17.8 Å². The molecule has 0 aliphatic carbocycles. The number of primary amides is 1. The van der Waals surface area contributed by atoms with Crippen molar-refractivity contribution in [1.82, 2.24) is 20.2 Å². The van der Waals surface area contributed by atoms with Crippen molar-refractivity contribution < 1.29 is 28.6 Å². The first-order valence-electron chi connectivity index (χ1n) is 16.5. The normalized spacial score (nSPS) is 19.3. The summed E-state index contributed by atoms with van der Waals surface area (Å²) in [6.07, 6.45) is 4.38. The monoisotopic (exact) mass is 666 g/mol. The van der Waals surface area contributed by atoms with Crippen LogP contribution in [0.15, 0.2) is 85.2 Å². The van der Waals surface area contributed by atoms with Crippen molar-refractivity contribution in [3.63, 3.8) is 0 Å². The molecule has 0 radical (unpaired) electrons. The van der Waals surface area contributed by atoms with Crippen LogP contribution >= 0.6 is 0 Å². The number of imidazole rings is 1. The number of ether oxygens (including phenoxy) is 3. The summed E-state index contributed by atoms with van der Waals surface area (Å²) < 4.78 is 17.9. The molecule has 4 aromatic rings. The van der Waals surface area contributed by atoms with Gasteiger partial charge in [0.05, 0.1) is 23.3 Å². The topological polar surface area (TPSA) is 175 Å². The van der Waals surface area contributed by atoms with Gasteiger partial charge >= 0.3 is 6.09 Å². The predicted octanol–water partition coefficient (Wildman–Crippen LogP) is 4.30. The molecule has 0 saturated carbocycles. The number of carbonyl (C=O) groups is 3. The highest BCUT2D eigenvalue weighted by molar-refractivity contribution is 6.04. The Labute approximate surface area is 285 Å². The standard InChI is InChI=1S/C21H22N2O4.C14H15N3O.C2H5NO/c22-19-18(24)16-8-4-5-9-17(16)27-21(19)10-12-23(13-11-21)20(25)26-14-15-6-2-1-3-7-15;1-2-4-11-10(3-1)12-13(17-9-16-12)14(18-11)5-7-15-8-6-14;1-2(3)4/h1-9,19H,10-14,22H2;1-4,9,15H,5-8H2,(H,16,17);1H3,(H2,3,4). The second-order valence-electron chi connectivity index (χ2n) is 12.6. The molecule has 1 aromatic heterocycles. The van der Waals surface area contributed by atoms with Gasteiger partial charge in [0.25, 0.3) is 0 Å². The van der Waals surface area contributed by atoms with Gasteiger partial charge in [0, 0.05) is 51.3 Å². The summed E-state index contributed by atoms with van der Waals surface area (Å²) in [6, 6.07) is 24.2. The average molecular weight is 667 g/mol. The van der Waals surface area contributed by atoms with E-state index in [2.05, 4.69) is 27.1 Å². The molecule has 1 atom stereocenters. The second kappa shape index (κ2) is 14.5. The highest BCUT2D eigenvalue weighted by Gasteiger charge is 2.50. The van der Waals surface area contributed by atoms with E-state index in [1.165, 1.54) is 6.92 Å². The molecular formula is C37H42N6O6. The largest absolute Gasteiger partial charge is 0.484 e. The minimum atomic E-state index is -0.762. The maximum Gasteiger partial charge on any atom is 0.410 e. The molecule has 49 heavy (non-hydrogen) atoms. The number of H-pyrrole nitrogens is 1. The maximum atomic E-state index is 12.7. The van der Waals surface area contributed by atoms with Gasteiger partial charge in [0.15, 0.2) is 11.4 Å². The number of nitrogens with zero attached hydrogens (tertiary/aromatic N) is 2. The molecule has 2 spiro atoms. The molecule has 0 bridgehead atoms. The quantitative estimate of drug-likeness (QED) is 0.243. The Bertz CT molecular complexity index is 1770. The molecule has 256 valence electrons. The van der Waals surface area contributed by atoms with Gasteiger partial charge in [-0.05, 0) is 42.9 Å². The first-order valence-corrected chi connectivity index (χ1v) is 16.5. The number of rotatable bonds is 2. The number of hydrogen-bond acceptors (Lipinski definition) is 9. The van der Waals surface area contributed by atoms with Gasteiger partial charge in [0.2, 0.25) is 5.91 Å². The lowest BCUT2D eigenvalue weighted by Crippen LogP contribution is -2.63. The van der Waals surface area contributed by atoms with Crippen molar-refractivity contribution in [3.05, 3.63) is 102 Å². The minimum Gasteiger partial charge on any atom is -0.484 e. The van der Waals surface area contributed by atoms with Crippen molar-refractivity contribution in [3.8, 4) is 22.8 Å². The summed E-state index contributed by atoms with van der Waals surface area (Å²) in [7, 11) is 0. The second-order valence-corrected chi connectivity index (χ2v) is 12.6. The Morgan fingerprint density at radius 1 is 0.898 bits per heavy atom. The Balaban J connectivity index is 0.000000163. The van der Waals surface area contributed by atoms with Gasteiger partial charge < -0.3 is 40.9 Å². The van der Waals surface area contributed by atoms with E-state index in [-0.39, 0.29) is 30.0 Å². The van der Waals surface area contributed by atoms with Crippen LogP contribution in [0.4, 0.5) is 4.79 Å². The molecule has 5 heterocycles. The molecule has 6 N–H and O–H groups in total. The van der Waals surface area contributed by atoms with E-state index >= 15 is 0 Å². The Kier molecular flexibility index (Phi) is 9.97. The van der Waals surface area contributed by atoms with Crippen LogP contribution in [-0.4, -0.2) is 70.5 Å². The van der Waals surface area contributed by atoms with Crippen LogP contribution in [0.2, 0.25) is 0 Å². The van der Waals surface area contributed by atoms with E-state index < -0.39 is 11.6 Å². The third-order valence-corrected chi connectivity index (χ3v) is 9.34. The number of nitrogens with one attached hydrogen (secondary N) is 2. The number of Topliss-reactive ketones (excluding diaryl/α,β-unsaturated/α-hetero) is 1. The van der Waals surface area contributed by atoms with E-state index in [0.29, 0.717) is 37.2 Å². The fraction of sp³-hybridized carbons (Fsp3) is 0.351. The third-order valence-electron chi connectivity index (χ3n) is 9.34. The number of amides is 2. The molecule has 12 nitrogen and oxygen atoms in total. The predicted molar refractivity (Wildman–Crippen MR) is 183 cm³/mol. The number of aromatic nitrogens is 2. The van der Waals surface area contributed by atoms with Gasteiger partial charge in [-0.1, -0.05) is 54.6 Å². The van der Waals surface area contributed by atoms with Gasteiger partial charge in [-0.25, -0.2) is 9.78 Å². The first kappa shape index (κ1) is 33.7. The van der Waals surface area contributed by atoms with E-state index in [9.17, 15) is 14.4 Å². The molecule has 2 fully saturated rings. The number of benzene rings is 3. The zero-order valence-corrected chi connectivity index (χ0v) is 27.5. The van der Waals surface area contributed by atoms with E-state index in [1.54, 1.807) is 29.4 Å². The van der Waals surface area contributed by atoms with Gasteiger partial charge in [-0.15, -0.1) is 0 Å². The summed E-state index contributed by atoms with van der Waals surface area (Å²) in [4.78, 5) is 43.7. The summed E-state index contributed by atoms with van der Waals surface area (Å²) in [5, 5.41) is 3.39. The highest BCUT2D eigenvalue weighted by Crippen LogP contribution is 2.47. The SMILES string of the molecule is CC(N)=O.NC1C(=O)c2ccccc2OC12CCN(C(=O)OCc1ccccc1)CC2.c1ccc2c(c1)OC1(CCNCC1)c1[nH]cnc1-2. The smallest absolute Gasteiger partial charge is 0.410 e. The van der Waals surface area contributed by atoms with Crippen LogP contribution < -0.4 is 26.3 Å². The molecule has 8 rings (SSSR count). The van der Waals surface area contributed by atoms with E-state index in [4.69, 9.17) is 19.9 Å². The molecule has 2 amide bonds. The van der Waals surface area contributed by atoms with E-state index in [1.807, 2.05) is 54.6 Å². The number of likely N-dealkylation sites (tertiary alicyclic amines) is 1. The van der Waals surface area contributed by atoms with Crippen LogP contribution in [-0.2, 0) is 21.7 Å². The molecule has 3 aromatic carbocycles. The van der Waals surface area contributed by atoms with Crippen molar-refractivity contribution in [2.75, 3.05) is 26.2 Å². The molecule has 1 unspecified atom stereocenters. The number of hydrogen-bond donors (Lipinski definition) is 4. The summed E-state index contributed by atoms with van der Waals surface area (Å²) in [6.45, 7) is 4.40. The van der Waals surface area contributed by atoms with Crippen LogP contribution in [0, 0.1) is 0 Å². The maximum absolute atomic E-state index is 12.7. The summed E-state index contributed by atoms with van der Waals surface area (Å²) >= 11 is 0. The zero-order chi connectivity index (χ0) is 34.4. The molecule has 12 heteroatoms. The molecule has 2 saturated heterocycles. The number of piperidine rings is 2. The molecule has 4 aliphatic heterocycles. The van der Waals surface area contributed by atoms with E-state index in [0.717, 1.165) is 54.2 Å². The first-order chi connectivity index (χ1) is 23.7. The van der Waals surface area contributed by atoms with Crippen LogP contribution in [0.1, 0.15) is 54.2 Å². The lowest BCUT2D eigenvalue weighted by molar-refractivity contribution is -0.115. The van der Waals surface area contributed by atoms with Gasteiger partial charge in [-0.3, -0.25) is 9.59 Å². The third kappa shape index (κ3) is 7.15.